The molecule has 0 bridgehead atoms. The van der Waals surface area contributed by atoms with Crippen LogP contribution in [0.4, 0.5) is 5.69 Å². The average molecular weight is 314 g/mol. The van der Waals surface area contributed by atoms with Crippen LogP contribution in [0.3, 0.4) is 0 Å². The molecule has 7 heteroatoms. The summed E-state index contributed by atoms with van der Waals surface area (Å²) >= 11 is 6.31. The van der Waals surface area contributed by atoms with Gasteiger partial charge in [0.1, 0.15) is 0 Å². The molecule has 1 aliphatic rings. The van der Waals surface area contributed by atoms with Gasteiger partial charge in [-0.05, 0) is 32.0 Å². The summed E-state index contributed by atoms with van der Waals surface area (Å²) < 4.78 is 5.79. The first-order valence-corrected chi connectivity index (χ1v) is 7.05. The van der Waals surface area contributed by atoms with Crippen LogP contribution in [0.5, 0.6) is 0 Å². The molecule has 1 atom stereocenters. The molecule has 0 aliphatic carbocycles. The highest BCUT2D eigenvalue weighted by molar-refractivity contribution is 6.33. The average Bonchev–Trinajstić information content (AvgIpc) is 2.44. The van der Waals surface area contributed by atoms with Crippen LogP contribution >= 0.6 is 11.6 Å². The Bertz CT molecular complexity index is 548. The maximum atomic E-state index is 9.36. The number of aliphatic hydroxyl groups is 1. The number of nitrogens with zero attached hydrogens (tertiary/aromatic N) is 2. The smallest absolute Gasteiger partial charge is 0.170 e. The number of nitrogens with two attached hydrogens (primary N) is 1. The normalized spacial score (nSPS) is 22.4. The molecule has 2 rings (SSSR count). The van der Waals surface area contributed by atoms with Crippen LogP contribution in [0.15, 0.2) is 23.4 Å². The number of oxime groups is 1. The van der Waals surface area contributed by atoms with Crippen LogP contribution in [0.2, 0.25) is 5.02 Å². The van der Waals surface area contributed by atoms with Crippen LogP contribution in [0.25, 0.3) is 0 Å². The van der Waals surface area contributed by atoms with Gasteiger partial charge in [-0.2, -0.15) is 0 Å². The molecule has 0 amide bonds. The molecule has 1 aromatic carbocycles. The maximum absolute atomic E-state index is 9.36. The van der Waals surface area contributed by atoms with Gasteiger partial charge in [-0.1, -0.05) is 16.8 Å². The van der Waals surface area contributed by atoms with Crippen LogP contribution < -0.4 is 10.6 Å². The molecule has 1 fully saturated rings. The first-order chi connectivity index (χ1) is 9.86. The summed E-state index contributed by atoms with van der Waals surface area (Å²) in [5, 5.41) is 21.5. The van der Waals surface area contributed by atoms with Crippen LogP contribution in [0, 0.1) is 0 Å². The second-order valence-electron chi connectivity index (χ2n) is 5.71. The number of rotatable bonds is 3. The third-order valence-corrected chi connectivity index (χ3v) is 3.68. The summed E-state index contributed by atoms with van der Waals surface area (Å²) in [7, 11) is 0. The lowest BCUT2D eigenvalue weighted by atomic mass is 10.0. The Kier molecular flexibility index (Phi) is 4.61. The van der Waals surface area contributed by atoms with Crippen LogP contribution in [0.1, 0.15) is 19.4 Å². The summed E-state index contributed by atoms with van der Waals surface area (Å²) in [5.41, 5.74) is 6.56. The Morgan fingerprint density at radius 1 is 1.57 bits per heavy atom. The predicted octanol–water partition coefficient (Wildman–Crippen LogP) is 1.41. The highest BCUT2D eigenvalue weighted by Gasteiger charge is 2.33. The van der Waals surface area contributed by atoms with Crippen LogP contribution in [-0.2, 0) is 4.74 Å². The van der Waals surface area contributed by atoms with Crippen molar-refractivity contribution in [1.29, 1.82) is 0 Å². The third-order valence-electron chi connectivity index (χ3n) is 3.38. The first kappa shape index (κ1) is 15.9. The van der Waals surface area contributed by atoms with E-state index in [1.54, 1.807) is 12.1 Å². The van der Waals surface area contributed by atoms with Gasteiger partial charge in [-0.3, -0.25) is 0 Å². The van der Waals surface area contributed by atoms with Crippen molar-refractivity contribution in [2.75, 3.05) is 24.6 Å². The van der Waals surface area contributed by atoms with Crippen molar-refractivity contribution >= 4 is 23.1 Å². The zero-order chi connectivity index (χ0) is 15.6. The number of amidine groups is 1. The topological polar surface area (TPSA) is 91.3 Å². The molecule has 1 aromatic rings. The van der Waals surface area contributed by atoms with Crippen molar-refractivity contribution in [3.05, 3.63) is 28.8 Å². The fraction of sp³-hybridized carbons (Fsp3) is 0.500. The van der Waals surface area contributed by atoms with Gasteiger partial charge < -0.3 is 25.7 Å². The highest BCUT2D eigenvalue weighted by Crippen LogP contribution is 2.32. The Balaban J connectivity index is 2.29. The van der Waals surface area contributed by atoms with E-state index >= 15 is 0 Å². The lowest BCUT2D eigenvalue weighted by Crippen LogP contribution is -2.54. The molecule has 0 radical (unpaired) electrons. The van der Waals surface area contributed by atoms with Gasteiger partial charge in [0, 0.05) is 18.7 Å². The number of morpholine rings is 1. The molecular weight excluding hydrogens is 294 g/mol. The van der Waals surface area contributed by atoms with Crippen LogP contribution in [-0.4, -0.2) is 47.6 Å². The van der Waals surface area contributed by atoms with Gasteiger partial charge in [-0.15, -0.1) is 0 Å². The molecule has 1 aliphatic heterocycles. The summed E-state index contributed by atoms with van der Waals surface area (Å²) in [6.07, 6.45) is -0.256. The molecule has 6 nitrogen and oxygen atoms in total. The van der Waals surface area contributed by atoms with E-state index in [1.807, 2.05) is 19.9 Å². The molecule has 116 valence electrons. The third kappa shape index (κ3) is 3.58. The lowest BCUT2D eigenvalue weighted by molar-refractivity contribution is -0.101. The second-order valence-corrected chi connectivity index (χ2v) is 6.12. The number of anilines is 1. The van der Waals surface area contributed by atoms with Crippen molar-refractivity contribution in [1.82, 2.24) is 0 Å². The summed E-state index contributed by atoms with van der Waals surface area (Å²) in [6.45, 7) is 5.12. The largest absolute Gasteiger partial charge is 0.409 e. The van der Waals surface area contributed by atoms with E-state index in [9.17, 15) is 5.11 Å². The number of halogens is 1. The maximum Gasteiger partial charge on any atom is 0.170 e. The Morgan fingerprint density at radius 3 is 2.86 bits per heavy atom. The molecule has 4 N–H and O–H groups in total. The lowest BCUT2D eigenvalue weighted by Gasteiger charge is -2.43. The zero-order valence-corrected chi connectivity index (χ0v) is 12.8. The van der Waals surface area contributed by atoms with E-state index in [0.29, 0.717) is 23.7 Å². The highest BCUT2D eigenvalue weighted by atomic mass is 35.5. The molecule has 0 saturated carbocycles. The van der Waals surface area contributed by atoms with Crippen molar-refractivity contribution in [2.45, 2.75) is 25.6 Å². The molecule has 21 heavy (non-hydrogen) atoms. The fourth-order valence-electron chi connectivity index (χ4n) is 2.55. The summed E-state index contributed by atoms with van der Waals surface area (Å²) in [5.74, 6) is 0.0130. The minimum absolute atomic E-state index is 0.0130. The number of ether oxygens (including phenoxy) is 1. The summed E-state index contributed by atoms with van der Waals surface area (Å²) in [4.78, 5) is 2.07. The molecule has 0 aromatic heterocycles. The van der Waals surface area contributed by atoms with Gasteiger partial charge in [-0.25, -0.2) is 0 Å². The van der Waals surface area contributed by atoms with Gasteiger partial charge >= 0.3 is 0 Å². The minimum Gasteiger partial charge on any atom is -0.409 e. The quantitative estimate of drug-likeness (QED) is 0.340. The molecule has 1 saturated heterocycles. The Hall–Kier alpha value is -1.50. The Morgan fingerprint density at radius 2 is 2.29 bits per heavy atom. The van der Waals surface area contributed by atoms with Crippen molar-refractivity contribution in [3.8, 4) is 0 Å². The van der Waals surface area contributed by atoms with Gasteiger partial charge in [0.25, 0.3) is 0 Å². The number of benzene rings is 1. The monoisotopic (exact) mass is 313 g/mol. The number of hydrogen-bond acceptors (Lipinski definition) is 5. The van der Waals surface area contributed by atoms with Gasteiger partial charge in [0.15, 0.2) is 5.84 Å². The van der Waals surface area contributed by atoms with Gasteiger partial charge in [0.2, 0.25) is 0 Å². The van der Waals surface area contributed by atoms with E-state index in [4.69, 9.17) is 27.3 Å². The molecule has 0 spiro atoms. The molecular formula is C14H20ClN3O3. The molecule has 1 unspecified atom stereocenters. The van der Waals surface area contributed by atoms with Crippen molar-refractivity contribution in [3.63, 3.8) is 0 Å². The van der Waals surface area contributed by atoms with Gasteiger partial charge in [0.05, 0.1) is 29.0 Å². The first-order valence-electron chi connectivity index (χ1n) is 6.67. The van der Waals surface area contributed by atoms with E-state index < -0.39 is 0 Å². The predicted molar refractivity (Wildman–Crippen MR) is 82.2 cm³/mol. The van der Waals surface area contributed by atoms with E-state index in [2.05, 4.69) is 10.1 Å². The van der Waals surface area contributed by atoms with E-state index in [-0.39, 0.29) is 24.1 Å². The SMILES string of the molecule is CC1(C)CN(c2ccc(/C(N)=N/O)cc2Cl)CC(CO)O1. The summed E-state index contributed by atoms with van der Waals surface area (Å²) in [6, 6.07) is 5.22. The molecule has 1 heterocycles. The minimum atomic E-state index is -0.376. The zero-order valence-electron chi connectivity index (χ0n) is 12.1. The van der Waals surface area contributed by atoms with E-state index in [1.165, 1.54) is 0 Å². The number of aliphatic hydroxyl groups excluding tert-OH is 1. The second kappa shape index (κ2) is 6.09. The fourth-order valence-corrected chi connectivity index (χ4v) is 2.85. The standard InChI is InChI=1S/C14H20ClN3O3/c1-14(2)8-18(6-10(7-19)21-14)12-4-3-9(5-11(12)15)13(16)17-20/h3-5,10,19-20H,6-8H2,1-2H3,(H2,16,17). The van der Waals surface area contributed by atoms with E-state index in [0.717, 1.165) is 5.69 Å². The number of hydrogen-bond donors (Lipinski definition) is 3. The Labute approximate surface area is 128 Å². The van der Waals surface area contributed by atoms with Crippen molar-refractivity contribution < 1.29 is 15.1 Å². The van der Waals surface area contributed by atoms with Crippen molar-refractivity contribution in [2.24, 2.45) is 10.9 Å².